The molecule has 8 heteroatoms. The van der Waals surface area contributed by atoms with Crippen molar-refractivity contribution < 1.29 is 14.6 Å². The number of hydrogen-bond acceptors (Lipinski definition) is 5. The van der Waals surface area contributed by atoms with Crippen LogP contribution in [0.4, 0.5) is 0 Å². The van der Waals surface area contributed by atoms with Gasteiger partial charge in [-0.05, 0) is 66.8 Å². The molecule has 3 rings (SSSR count). The summed E-state index contributed by atoms with van der Waals surface area (Å²) in [4.78, 5) is 17.6. The fraction of sp³-hybridized carbons (Fsp3) is 0.360. The van der Waals surface area contributed by atoms with E-state index in [0.29, 0.717) is 23.0 Å². The maximum Gasteiger partial charge on any atom is 0.339 e. The molecule has 0 aliphatic heterocycles. The van der Waals surface area contributed by atoms with Gasteiger partial charge in [-0.15, -0.1) is 11.6 Å². The molecule has 176 valence electrons. The normalized spacial score (nSPS) is 12.2. The second-order valence-electron chi connectivity index (χ2n) is 8.00. The Morgan fingerprint density at radius 1 is 1.18 bits per heavy atom. The van der Waals surface area contributed by atoms with Gasteiger partial charge in [0.25, 0.3) is 0 Å². The quantitative estimate of drug-likeness (QED) is 0.265. The van der Waals surface area contributed by atoms with Crippen molar-refractivity contribution >= 4 is 40.9 Å². The van der Waals surface area contributed by atoms with Crippen molar-refractivity contribution in [3.8, 4) is 0 Å². The minimum atomic E-state index is -1.36. The number of aliphatic hydroxyl groups is 1. The van der Waals surface area contributed by atoms with Gasteiger partial charge in [0.2, 0.25) is 0 Å². The fourth-order valence-electron chi connectivity index (χ4n) is 3.84. The van der Waals surface area contributed by atoms with Gasteiger partial charge in [0, 0.05) is 46.0 Å². The smallest absolute Gasteiger partial charge is 0.339 e. The van der Waals surface area contributed by atoms with E-state index in [1.54, 1.807) is 31.1 Å². The first kappa shape index (κ1) is 25.6. The molecule has 3 aromatic rings. The molecule has 0 saturated heterocycles. The molecule has 1 unspecified atom stereocenters. The lowest BCUT2D eigenvalue weighted by Crippen LogP contribution is -2.17. The Morgan fingerprint density at radius 3 is 2.48 bits per heavy atom. The number of hydrogen-bond donors (Lipinski definition) is 1. The summed E-state index contributed by atoms with van der Waals surface area (Å²) in [5.41, 5.74) is 4.32. The molecule has 0 fully saturated rings. The predicted octanol–water partition coefficient (Wildman–Crippen LogP) is 6.50. The van der Waals surface area contributed by atoms with Crippen LogP contribution in [-0.4, -0.2) is 27.2 Å². The molecule has 1 N–H and O–H groups in total. The van der Waals surface area contributed by atoms with Gasteiger partial charge in [-0.3, -0.25) is 4.98 Å². The Balaban J connectivity index is 2.20. The lowest BCUT2D eigenvalue weighted by atomic mass is 9.97. The van der Waals surface area contributed by atoms with E-state index in [1.807, 2.05) is 37.3 Å². The Kier molecular flexibility index (Phi) is 8.88. The van der Waals surface area contributed by atoms with E-state index in [1.165, 1.54) is 0 Å². The number of pyridine rings is 1. The lowest BCUT2D eigenvalue weighted by molar-refractivity contribution is -0.153. The molecule has 1 aromatic carbocycles. The summed E-state index contributed by atoms with van der Waals surface area (Å²) in [7, 11) is 0. The second-order valence-corrected chi connectivity index (χ2v) is 9.77. The van der Waals surface area contributed by atoms with E-state index >= 15 is 0 Å². The first-order valence-corrected chi connectivity index (χ1v) is 12.5. The molecule has 1 atom stereocenters. The van der Waals surface area contributed by atoms with E-state index < -0.39 is 12.1 Å². The zero-order chi connectivity index (χ0) is 24.1. The molecular formula is C25H28Cl2N2O3S. The van der Waals surface area contributed by atoms with Gasteiger partial charge in [-0.2, -0.15) is 0 Å². The first-order valence-electron chi connectivity index (χ1n) is 10.8. The monoisotopic (exact) mass is 506 g/mol. The maximum absolute atomic E-state index is 12.5. The fourth-order valence-corrected chi connectivity index (χ4v) is 5.70. The number of nitrogens with zero attached hydrogens (tertiary/aromatic N) is 2. The number of carbonyl (C=O) groups is 1. The molecule has 0 aliphatic carbocycles. The summed E-state index contributed by atoms with van der Waals surface area (Å²) >= 11 is 14.0. The topological polar surface area (TPSA) is 64.3 Å². The Labute approximate surface area is 209 Å². The maximum atomic E-state index is 12.5. The largest absolute Gasteiger partial charge is 0.464 e. The van der Waals surface area contributed by atoms with Crippen LogP contribution in [0.3, 0.4) is 0 Å². The van der Waals surface area contributed by atoms with Crippen LogP contribution in [0.1, 0.15) is 60.7 Å². The van der Waals surface area contributed by atoms with Crippen LogP contribution < -0.4 is 0 Å². The molecule has 2 aromatic heterocycles. The van der Waals surface area contributed by atoms with Gasteiger partial charge >= 0.3 is 5.97 Å². The van der Waals surface area contributed by atoms with Gasteiger partial charge in [-0.25, -0.2) is 4.79 Å². The van der Waals surface area contributed by atoms with Crippen LogP contribution in [0.15, 0.2) is 52.6 Å². The second kappa shape index (κ2) is 11.4. The van der Waals surface area contributed by atoms with Crippen molar-refractivity contribution in [2.24, 2.45) is 0 Å². The number of ether oxygens (including phenoxy) is 1. The Hall–Kier alpha value is -1.99. The molecule has 0 amide bonds. The summed E-state index contributed by atoms with van der Waals surface area (Å²) in [5, 5.41) is 12.5. The van der Waals surface area contributed by atoms with Crippen molar-refractivity contribution in [3.05, 3.63) is 75.7 Å². The van der Waals surface area contributed by atoms with Gasteiger partial charge in [-0.1, -0.05) is 37.2 Å². The number of aliphatic hydroxyl groups excluding tert-OH is 1. The zero-order valence-electron chi connectivity index (χ0n) is 19.1. The van der Waals surface area contributed by atoms with Gasteiger partial charge in [0.05, 0.1) is 11.6 Å². The van der Waals surface area contributed by atoms with Gasteiger partial charge in [0.15, 0.2) is 6.10 Å². The van der Waals surface area contributed by atoms with Crippen LogP contribution in [0, 0.1) is 6.92 Å². The highest BCUT2D eigenvalue weighted by molar-refractivity contribution is 7.99. The van der Waals surface area contributed by atoms with Crippen LogP contribution in [0.25, 0.3) is 0 Å². The summed E-state index contributed by atoms with van der Waals surface area (Å²) in [6.45, 7) is 8.53. The number of rotatable bonds is 9. The lowest BCUT2D eigenvalue weighted by Gasteiger charge is -2.16. The minimum absolute atomic E-state index is 0.0515. The Morgan fingerprint density at radius 2 is 1.88 bits per heavy atom. The van der Waals surface area contributed by atoms with Gasteiger partial charge in [0.1, 0.15) is 0 Å². The van der Waals surface area contributed by atoms with Crippen molar-refractivity contribution in [2.45, 2.75) is 62.1 Å². The highest BCUT2D eigenvalue weighted by Gasteiger charge is 2.31. The standard InChI is InChI=1S/C25H28Cl2N2O3S/c1-5-32-25(31)23(30)22-16(4)29(14-17-6-8-28-9-7-17)24(21(22)15(2)3)33-20-11-18(13-26)10-19(27)12-20/h6-12,15,23,30H,5,13-14H2,1-4H3. The van der Waals surface area contributed by atoms with Crippen LogP contribution in [0.2, 0.25) is 5.02 Å². The summed E-state index contributed by atoms with van der Waals surface area (Å²) in [6.07, 6.45) is 2.14. The van der Waals surface area contributed by atoms with Crippen LogP contribution in [-0.2, 0) is 22.0 Å². The number of carbonyl (C=O) groups excluding carboxylic acids is 1. The molecule has 2 heterocycles. The molecule has 0 bridgehead atoms. The van der Waals surface area contributed by atoms with E-state index in [-0.39, 0.29) is 12.5 Å². The van der Waals surface area contributed by atoms with Crippen molar-refractivity contribution in [3.63, 3.8) is 0 Å². The number of esters is 1. The van der Waals surface area contributed by atoms with Gasteiger partial charge < -0.3 is 14.4 Å². The molecule has 0 radical (unpaired) electrons. The zero-order valence-corrected chi connectivity index (χ0v) is 21.5. The third-order valence-corrected chi connectivity index (χ3v) is 6.94. The van der Waals surface area contributed by atoms with E-state index in [2.05, 4.69) is 23.4 Å². The van der Waals surface area contributed by atoms with Crippen LogP contribution >= 0.6 is 35.0 Å². The van der Waals surface area contributed by atoms with Crippen molar-refractivity contribution in [1.29, 1.82) is 0 Å². The Bertz CT molecular complexity index is 1120. The third kappa shape index (κ3) is 5.93. The SMILES string of the molecule is CCOC(=O)C(O)c1c(C(C)C)c(Sc2cc(Cl)cc(CCl)c2)n(Cc2ccncc2)c1C. The average molecular weight is 507 g/mol. The number of benzene rings is 1. The molecule has 0 aliphatic rings. The van der Waals surface area contributed by atoms with Crippen molar-refractivity contribution in [1.82, 2.24) is 9.55 Å². The average Bonchev–Trinajstić information content (AvgIpc) is 3.05. The highest BCUT2D eigenvalue weighted by atomic mass is 35.5. The molecule has 0 spiro atoms. The van der Waals surface area contributed by atoms with E-state index in [9.17, 15) is 9.90 Å². The molecule has 0 saturated carbocycles. The molecule has 33 heavy (non-hydrogen) atoms. The summed E-state index contributed by atoms with van der Waals surface area (Å²) in [6, 6.07) is 9.66. The predicted molar refractivity (Wildman–Crippen MR) is 133 cm³/mol. The number of aromatic nitrogens is 2. The van der Waals surface area contributed by atoms with E-state index in [4.69, 9.17) is 27.9 Å². The first-order chi connectivity index (χ1) is 15.8. The summed E-state index contributed by atoms with van der Waals surface area (Å²) in [5.74, 6) is -0.238. The number of alkyl halides is 1. The molecular weight excluding hydrogens is 479 g/mol. The summed E-state index contributed by atoms with van der Waals surface area (Å²) < 4.78 is 7.27. The highest BCUT2D eigenvalue weighted by Crippen LogP contribution is 2.43. The van der Waals surface area contributed by atoms with Crippen molar-refractivity contribution in [2.75, 3.05) is 6.61 Å². The van der Waals surface area contributed by atoms with E-state index in [0.717, 1.165) is 32.3 Å². The molecule has 5 nitrogen and oxygen atoms in total. The van der Waals surface area contributed by atoms with Crippen LogP contribution in [0.5, 0.6) is 0 Å². The number of halogens is 2. The minimum Gasteiger partial charge on any atom is -0.464 e. The third-order valence-electron chi connectivity index (χ3n) is 5.31.